The lowest BCUT2D eigenvalue weighted by Gasteiger charge is -2.11. The van der Waals surface area contributed by atoms with Crippen molar-refractivity contribution in [1.29, 1.82) is 0 Å². The number of aryl methyl sites for hydroxylation is 3. The van der Waals surface area contributed by atoms with E-state index in [1.54, 1.807) is 4.52 Å². The second-order valence-electron chi connectivity index (χ2n) is 7.06. The Balaban J connectivity index is 1.52. The number of hydrogen-bond donors (Lipinski definition) is 2. The van der Waals surface area contributed by atoms with Crippen molar-refractivity contribution in [3.8, 4) is 0 Å². The maximum Gasteiger partial charge on any atom is 0.252 e. The summed E-state index contributed by atoms with van der Waals surface area (Å²) in [5.74, 6) is -0.0562. The van der Waals surface area contributed by atoms with Crippen LogP contribution in [0.4, 0.5) is 5.00 Å². The monoisotopic (exact) mass is 398 g/mol. The molecule has 0 radical (unpaired) electrons. The van der Waals surface area contributed by atoms with E-state index in [2.05, 4.69) is 20.4 Å². The maximum absolute atomic E-state index is 12.6. The summed E-state index contributed by atoms with van der Waals surface area (Å²) < 4.78 is 1.68. The summed E-state index contributed by atoms with van der Waals surface area (Å²) in [5.41, 5.74) is 9.86. The van der Waals surface area contributed by atoms with E-state index < -0.39 is 5.91 Å². The van der Waals surface area contributed by atoms with E-state index in [9.17, 15) is 9.59 Å². The molecule has 0 saturated carbocycles. The number of aromatic nitrogens is 4. The van der Waals surface area contributed by atoms with Crippen molar-refractivity contribution in [3.63, 3.8) is 0 Å². The minimum atomic E-state index is -0.470. The first-order valence-corrected chi connectivity index (χ1v) is 10.2. The van der Waals surface area contributed by atoms with Crippen LogP contribution < -0.4 is 11.1 Å². The Morgan fingerprint density at radius 1 is 1.29 bits per heavy atom. The smallest absolute Gasteiger partial charge is 0.252 e. The van der Waals surface area contributed by atoms with Crippen LogP contribution in [0.2, 0.25) is 0 Å². The number of amides is 2. The molecule has 0 unspecified atom stereocenters. The summed E-state index contributed by atoms with van der Waals surface area (Å²) in [6.45, 7) is 3.86. The third-order valence-electron chi connectivity index (χ3n) is 5.26. The molecule has 0 fully saturated rings. The van der Waals surface area contributed by atoms with Gasteiger partial charge in [-0.25, -0.2) is 9.50 Å². The molecule has 3 aromatic rings. The molecule has 9 heteroatoms. The first kappa shape index (κ1) is 18.5. The van der Waals surface area contributed by atoms with Crippen LogP contribution >= 0.6 is 11.3 Å². The molecule has 3 N–H and O–H groups in total. The molecule has 3 aromatic heterocycles. The summed E-state index contributed by atoms with van der Waals surface area (Å²) in [4.78, 5) is 34.3. The predicted octanol–water partition coefficient (Wildman–Crippen LogP) is 2.35. The second kappa shape index (κ2) is 7.31. The molecule has 0 aliphatic heterocycles. The van der Waals surface area contributed by atoms with E-state index in [4.69, 9.17) is 5.73 Å². The number of nitrogens with one attached hydrogen (secondary N) is 1. The standard InChI is InChI=1S/C19H22N6O2S/c1-10-12(11(2)25-19(23-10)21-9-22-25)7-8-15(26)24-18-16(17(20)27)13-5-3-4-6-14(13)28-18/h9H,3-8H2,1-2H3,(H2,20,27)(H,24,26). The summed E-state index contributed by atoms with van der Waals surface area (Å²) in [5, 5.41) is 7.68. The van der Waals surface area contributed by atoms with Gasteiger partial charge in [0, 0.05) is 22.7 Å². The first-order valence-electron chi connectivity index (χ1n) is 9.35. The zero-order valence-corrected chi connectivity index (χ0v) is 16.7. The van der Waals surface area contributed by atoms with Crippen LogP contribution in [0.5, 0.6) is 0 Å². The molecular formula is C19H22N6O2S. The van der Waals surface area contributed by atoms with Crippen molar-refractivity contribution < 1.29 is 9.59 Å². The SMILES string of the molecule is Cc1nc2ncnn2c(C)c1CCC(=O)Nc1sc2c(c1C(N)=O)CCCC2. The van der Waals surface area contributed by atoms with Gasteiger partial charge in [0.25, 0.3) is 11.7 Å². The highest BCUT2D eigenvalue weighted by molar-refractivity contribution is 7.17. The highest BCUT2D eigenvalue weighted by atomic mass is 32.1. The molecule has 0 saturated heterocycles. The highest BCUT2D eigenvalue weighted by Crippen LogP contribution is 2.38. The minimum absolute atomic E-state index is 0.140. The van der Waals surface area contributed by atoms with E-state index in [1.165, 1.54) is 22.5 Å². The molecule has 0 spiro atoms. The van der Waals surface area contributed by atoms with Gasteiger partial charge in [0.2, 0.25) is 5.91 Å². The molecule has 1 aliphatic carbocycles. The lowest BCUT2D eigenvalue weighted by Crippen LogP contribution is -2.19. The van der Waals surface area contributed by atoms with Crippen LogP contribution in [0.15, 0.2) is 6.33 Å². The summed E-state index contributed by atoms with van der Waals surface area (Å²) >= 11 is 1.48. The molecule has 1 aliphatic rings. The predicted molar refractivity (Wildman–Crippen MR) is 107 cm³/mol. The Morgan fingerprint density at radius 3 is 2.86 bits per heavy atom. The van der Waals surface area contributed by atoms with E-state index in [1.807, 2.05) is 13.8 Å². The van der Waals surface area contributed by atoms with Gasteiger partial charge >= 0.3 is 0 Å². The molecule has 146 valence electrons. The number of thiophene rings is 1. The first-order chi connectivity index (χ1) is 13.5. The van der Waals surface area contributed by atoms with Gasteiger partial charge in [0.15, 0.2) is 0 Å². The van der Waals surface area contributed by atoms with Crippen LogP contribution in [0, 0.1) is 13.8 Å². The molecule has 28 heavy (non-hydrogen) atoms. The van der Waals surface area contributed by atoms with Gasteiger partial charge in [0.1, 0.15) is 11.3 Å². The van der Waals surface area contributed by atoms with Gasteiger partial charge < -0.3 is 11.1 Å². The third kappa shape index (κ3) is 3.26. The Hall–Kier alpha value is -2.81. The number of hydrogen-bond acceptors (Lipinski definition) is 6. The molecule has 0 atom stereocenters. The zero-order valence-electron chi connectivity index (χ0n) is 15.9. The zero-order chi connectivity index (χ0) is 19.8. The molecule has 8 nitrogen and oxygen atoms in total. The number of carbonyl (C=O) groups excluding carboxylic acids is 2. The molecule has 0 bridgehead atoms. The maximum atomic E-state index is 12.6. The normalized spacial score (nSPS) is 13.5. The van der Waals surface area contributed by atoms with E-state index in [0.29, 0.717) is 22.8 Å². The Labute approximate surface area is 166 Å². The van der Waals surface area contributed by atoms with Gasteiger partial charge in [-0.15, -0.1) is 11.3 Å². The Morgan fingerprint density at radius 2 is 2.07 bits per heavy atom. The molecule has 0 aromatic carbocycles. The van der Waals surface area contributed by atoms with Crippen molar-refractivity contribution in [2.75, 3.05) is 5.32 Å². The quantitative estimate of drug-likeness (QED) is 0.684. The number of fused-ring (bicyclic) bond motifs is 2. The lowest BCUT2D eigenvalue weighted by atomic mass is 9.95. The third-order valence-corrected chi connectivity index (χ3v) is 6.47. The van der Waals surface area contributed by atoms with Crippen LogP contribution in [0.1, 0.15) is 57.0 Å². The van der Waals surface area contributed by atoms with E-state index in [-0.39, 0.29) is 12.3 Å². The van der Waals surface area contributed by atoms with Crippen molar-refractivity contribution >= 4 is 33.9 Å². The number of nitrogens with two attached hydrogens (primary N) is 1. The van der Waals surface area contributed by atoms with Gasteiger partial charge in [-0.3, -0.25) is 9.59 Å². The number of primary amides is 1. The number of carbonyl (C=O) groups is 2. The van der Waals surface area contributed by atoms with Gasteiger partial charge in [-0.05, 0) is 57.1 Å². The summed E-state index contributed by atoms with van der Waals surface area (Å²) in [6, 6.07) is 0. The number of rotatable bonds is 5. The van der Waals surface area contributed by atoms with E-state index in [0.717, 1.165) is 48.2 Å². The van der Waals surface area contributed by atoms with Crippen LogP contribution in [0.25, 0.3) is 5.78 Å². The fraction of sp³-hybridized carbons (Fsp3) is 0.421. The lowest BCUT2D eigenvalue weighted by molar-refractivity contribution is -0.116. The van der Waals surface area contributed by atoms with Gasteiger partial charge in [0.05, 0.1) is 5.56 Å². The van der Waals surface area contributed by atoms with Crippen LogP contribution in [0.3, 0.4) is 0 Å². The fourth-order valence-electron chi connectivity index (χ4n) is 3.86. The van der Waals surface area contributed by atoms with Crippen molar-refractivity contribution in [2.24, 2.45) is 5.73 Å². The van der Waals surface area contributed by atoms with Crippen LogP contribution in [-0.2, 0) is 24.1 Å². The minimum Gasteiger partial charge on any atom is -0.365 e. The van der Waals surface area contributed by atoms with Crippen molar-refractivity contribution in [2.45, 2.75) is 52.4 Å². The Bertz CT molecular complexity index is 1080. The molecule has 2 amide bonds. The Kier molecular flexibility index (Phi) is 4.84. The largest absolute Gasteiger partial charge is 0.365 e. The van der Waals surface area contributed by atoms with Crippen molar-refractivity contribution in [1.82, 2.24) is 19.6 Å². The fourth-order valence-corrected chi connectivity index (χ4v) is 5.17. The average molecular weight is 398 g/mol. The van der Waals surface area contributed by atoms with Crippen molar-refractivity contribution in [3.05, 3.63) is 39.3 Å². The van der Waals surface area contributed by atoms with Gasteiger partial charge in [-0.2, -0.15) is 10.1 Å². The topological polar surface area (TPSA) is 115 Å². The van der Waals surface area contributed by atoms with E-state index >= 15 is 0 Å². The summed E-state index contributed by atoms with van der Waals surface area (Å²) in [6.07, 6.45) is 6.23. The number of nitrogens with zero attached hydrogens (tertiary/aromatic N) is 4. The molecule has 3 heterocycles. The molecular weight excluding hydrogens is 376 g/mol. The van der Waals surface area contributed by atoms with Gasteiger partial charge in [-0.1, -0.05) is 0 Å². The molecule has 4 rings (SSSR count). The summed E-state index contributed by atoms with van der Waals surface area (Å²) in [7, 11) is 0. The van der Waals surface area contributed by atoms with Crippen LogP contribution in [-0.4, -0.2) is 31.4 Å². The average Bonchev–Trinajstić information content (AvgIpc) is 3.25. The number of anilines is 1. The highest BCUT2D eigenvalue weighted by Gasteiger charge is 2.25. The second-order valence-corrected chi connectivity index (χ2v) is 8.17.